The van der Waals surface area contributed by atoms with E-state index < -0.39 is 0 Å². The van der Waals surface area contributed by atoms with E-state index in [1.54, 1.807) is 0 Å². The second-order valence-corrected chi connectivity index (χ2v) is 7.95. The van der Waals surface area contributed by atoms with Crippen molar-refractivity contribution in [1.82, 2.24) is 4.90 Å². The van der Waals surface area contributed by atoms with E-state index in [1.807, 2.05) is 11.8 Å². The molecule has 3 atom stereocenters. The highest BCUT2D eigenvalue weighted by Gasteiger charge is 2.24. The molecule has 0 aromatic heterocycles. The molecule has 0 spiro atoms. The van der Waals surface area contributed by atoms with Gasteiger partial charge in [0.15, 0.2) is 0 Å². The molecular weight excluding hydrogens is 270 g/mol. The molecule has 4 heteroatoms. The molecule has 1 rings (SSSR count). The Morgan fingerprint density at radius 2 is 1.90 bits per heavy atom. The molecule has 0 aromatic carbocycles. The Morgan fingerprint density at radius 3 is 2.40 bits per heavy atom. The second-order valence-electron chi connectivity index (χ2n) is 6.87. The summed E-state index contributed by atoms with van der Waals surface area (Å²) in [6.07, 6.45) is 0.978. The van der Waals surface area contributed by atoms with E-state index >= 15 is 0 Å². The van der Waals surface area contributed by atoms with Crippen LogP contribution < -0.4 is 0 Å². The van der Waals surface area contributed by atoms with Gasteiger partial charge in [-0.3, -0.25) is 4.90 Å². The van der Waals surface area contributed by atoms with Crippen LogP contribution in [0.15, 0.2) is 0 Å². The fourth-order valence-corrected chi connectivity index (χ4v) is 3.52. The van der Waals surface area contributed by atoms with Crippen molar-refractivity contribution in [2.75, 3.05) is 31.3 Å². The van der Waals surface area contributed by atoms with E-state index in [9.17, 15) is 5.11 Å². The number of nitrogens with zero attached hydrogens (tertiary/aromatic N) is 1. The maximum atomic E-state index is 10.1. The van der Waals surface area contributed by atoms with Gasteiger partial charge < -0.3 is 9.84 Å². The predicted octanol–water partition coefficient (Wildman–Crippen LogP) is 3.08. The van der Waals surface area contributed by atoms with E-state index in [4.69, 9.17) is 4.74 Å². The lowest BCUT2D eigenvalue weighted by atomic mass is 9.87. The monoisotopic (exact) mass is 303 g/mol. The van der Waals surface area contributed by atoms with Gasteiger partial charge in [0, 0.05) is 24.7 Å². The van der Waals surface area contributed by atoms with Crippen LogP contribution >= 0.6 is 11.8 Å². The zero-order valence-corrected chi connectivity index (χ0v) is 14.7. The van der Waals surface area contributed by atoms with Crippen LogP contribution in [0.5, 0.6) is 0 Å². The lowest BCUT2D eigenvalue weighted by molar-refractivity contribution is -0.0538. The first kappa shape index (κ1) is 18.3. The topological polar surface area (TPSA) is 32.7 Å². The number of β-amino-alcohol motifs (C(OH)–C–C–N with tert-alkyl or cyclic N) is 1. The average Bonchev–Trinajstić information content (AvgIpc) is 2.85. The van der Waals surface area contributed by atoms with Crippen molar-refractivity contribution in [1.29, 1.82) is 0 Å². The first-order valence-electron chi connectivity index (χ1n) is 8.00. The van der Waals surface area contributed by atoms with Crippen molar-refractivity contribution in [3.8, 4) is 0 Å². The molecule has 1 aliphatic rings. The maximum absolute atomic E-state index is 10.1. The van der Waals surface area contributed by atoms with Gasteiger partial charge in [-0.15, -0.1) is 11.8 Å². The summed E-state index contributed by atoms with van der Waals surface area (Å²) in [5.74, 6) is 4.02. The Kier molecular flexibility index (Phi) is 8.49. The lowest BCUT2D eigenvalue weighted by Crippen LogP contribution is -2.36. The smallest absolute Gasteiger partial charge is 0.0900 e. The Balaban J connectivity index is 2.35. The highest BCUT2D eigenvalue weighted by atomic mass is 32.2. The van der Waals surface area contributed by atoms with E-state index in [-0.39, 0.29) is 12.2 Å². The number of hydrogen-bond donors (Lipinski definition) is 1. The first-order valence-corrected chi connectivity index (χ1v) is 9.15. The van der Waals surface area contributed by atoms with Gasteiger partial charge in [-0.2, -0.15) is 0 Å². The molecule has 0 aliphatic carbocycles. The number of rotatable bonds is 9. The zero-order valence-electron chi connectivity index (χ0n) is 13.8. The average molecular weight is 304 g/mol. The van der Waals surface area contributed by atoms with Crippen LogP contribution in [0.4, 0.5) is 0 Å². The largest absolute Gasteiger partial charge is 0.389 e. The third-order valence-corrected chi connectivity index (χ3v) is 5.16. The highest BCUT2D eigenvalue weighted by molar-refractivity contribution is 7.99. The normalized spacial score (nSPS) is 21.6. The van der Waals surface area contributed by atoms with Crippen LogP contribution in [0.2, 0.25) is 0 Å². The Bertz CT molecular complexity index is 255. The van der Waals surface area contributed by atoms with Crippen molar-refractivity contribution >= 4 is 11.8 Å². The summed E-state index contributed by atoms with van der Waals surface area (Å²) in [6, 6.07) is 0. The SMILES string of the molecule is CC(C)CC(OCC(O)CN1CCSC1)C(C)C(C)C. The Morgan fingerprint density at radius 1 is 1.20 bits per heavy atom. The molecule has 0 amide bonds. The van der Waals surface area contributed by atoms with Gasteiger partial charge >= 0.3 is 0 Å². The minimum atomic E-state index is -0.359. The van der Waals surface area contributed by atoms with Crippen LogP contribution in [-0.4, -0.2) is 53.5 Å². The van der Waals surface area contributed by atoms with Gasteiger partial charge in [0.05, 0.1) is 18.8 Å². The third kappa shape index (κ3) is 6.79. The molecule has 0 radical (unpaired) electrons. The standard InChI is InChI=1S/C16H33NO2S/c1-12(2)8-16(14(5)13(3)4)19-10-15(18)9-17-6-7-20-11-17/h12-16,18H,6-11H2,1-5H3. The van der Waals surface area contributed by atoms with Crippen molar-refractivity contribution in [2.45, 2.75) is 53.2 Å². The first-order chi connectivity index (χ1) is 9.40. The molecule has 3 unspecified atom stereocenters. The molecule has 0 saturated carbocycles. The highest BCUT2D eigenvalue weighted by Crippen LogP contribution is 2.23. The molecule has 120 valence electrons. The van der Waals surface area contributed by atoms with Crippen molar-refractivity contribution < 1.29 is 9.84 Å². The maximum Gasteiger partial charge on any atom is 0.0900 e. The summed E-state index contributed by atoms with van der Waals surface area (Å²) in [5, 5.41) is 10.1. The molecule has 3 nitrogen and oxygen atoms in total. The van der Waals surface area contributed by atoms with Gasteiger partial charge in [-0.05, 0) is 24.2 Å². The molecule has 1 saturated heterocycles. The Hall–Kier alpha value is 0.230. The predicted molar refractivity (Wildman–Crippen MR) is 88.1 cm³/mol. The summed E-state index contributed by atoms with van der Waals surface area (Å²) in [4.78, 5) is 2.31. The summed E-state index contributed by atoms with van der Waals surface area (Å²) in [7, 11) is 0. The Labute approximate surface area is 129 Å². The summed E-state index contributed by atoms with van der Waals surface area (Å²) in [5.41, 5.74) is 0. The van der Waals surface area contributed by atoms with E-state index in [0.717, 1.165) is 25.4 Å². The number of ether oxygens (including phenoxy) is 1. The van der Waals surface area contributed by atoms with E-state index in [1.165, 1.54) is 5.75 Å². The van der Waals surface area contributed by atoms with Crippen LogP contribution in [0.25, 0.3) is 0 Å². The number of thioether (sulfide) groups is 1. The summed E-state index contributed by atoms with van der Waals surface area (Å²) in [6.45, 7) is 13.6. The third-order valence-electron chi connectivity index (χ3n) is 4.14. The molecular formula is C16H33NO2S. The molecule has 1 heterocycles. The number of hydrogen-bond acceptors (Lipinski definition) is 4. The van der Waals surface area contributed by atoms with Crippen LogP contribution in [0.1, 0.15) is 41.0 Å². The van der Waals surface area contributed by atoms with Crippen molar-refractivity contribution in [3.05, 3.63) is 0 Å². The van der Waals surface area contributed by atoms with E-state index in [2.05, 4.69) is 39.5 Å². The minimum absolute atomic E-state index is 0.262. The molecule has 20 heavy (non-hydrogen) atoms. The van der Waals surface area contributed by atoms with Gasteiger partial charge in [0.25, 0.3) is 0 Å². The molecule has 0 aromatic rings. The molecule has 1 N–H and O–H groups in total. The van der Waals surface area contributed by atoms with E-state index in [0.29, 0.717) is 24.4 Å². The van der Waals surface area contributed by atoms with Gasteiger partial charge in [0.2, 0.25) is 0 Å². The number of aliphatic hydroxyl groups excluding tert-OH is 1. The van der Waals surface area contributed by atoms with Crippen LogP contribution in [0.3, 0.4) is 0 Å². The summed E-state index contributed by atoms with van der Waals surface area (Å²) >= 11 is 1.94. The zero-order chi connectivity index (χ0) is 15.1. The van der Waals surface area contributed by atoms with Crippen LogP contribution in [-0.2, 0) is 4.74 Å². The number of aliphatic hydroxyl groups is 1. The fourth-order valence-electron chi connectivity index (χ4n) is 2.51. The van der Waals surface area contributed by atoms with Crippen molar-refractivity contribution in [2.24, 2.45) is 17.8 Å². The molecule has 0 bridgehead atoms. The van der Waals surface area contributed by atoms with Crippen molar-refractivity contribution in [3.63, 3.8) is 0 Å². The van der Waals surface area contributed by atoms with Gasteiger partial charge in [-0.1, -0.05) is 34.6 Å². The minimum Gasteiger partial charge on any atom is -0.389 e. The molecule has 1 aliphatic heterocycles. The summed E-state index contributed by atoms with van der Waals surface area (Å²) < 4.78 is 6.06. The second kappa shape index (κ2) is 9.29. The van der Waals surface area contributed by atoms with Gasteiger partial charge in [0.1, 0.15) is 0 Å². The van der Waals surface area contributed by atoms with Gasteiger partial charge in [-0.25, -0.2) is 0 Å². The molecule has 1 fully saturated rings. The van der Waals surface area contributed by atoms with Crippen LogP contribution in [0, 0.1) is 17.8 Å². The fraction of sp³-hybridized carbons (Fsp3) is 1.00. The quantitative estimate of drug-likeness (QED) is 0.709. The lowest BCUT2D eigenvalue weighted by Gasteiger charge is -2.30.